The van der Waals surface area contributed by atoms with Gasteiger partial charge in [-0.05, 0) is 36.2 Å². The van der Waals surface area contributed by atoms with E-state index in [4.69, 9.17) is 4.42 Å². The Morgan fingerprint density at radius 3 is 2.70 bits per heavy atom. The summed E-state index contributed by atoms with van der Waals surface area (Å²) in [6, 6.07) is 11.9. The summed E-state index contributed by atoms with van der Waals surface area (Å²) in [6.45, 7) is 2.01. The number of aromatic nitrogens is 2. The number of rotatable bonds is 5. The molecule has 0 radical (unpaired) electrons. The zero-order valence-electron chi connectivity index (χ0n) is 14.2. The quantitative estimate of drug-likeness (QED) is 0.531. The second kappa shape index (κ2) is 6.67. The second-order valence-electron chi connectivity index (χ2n) is 5.87. The van der Waals surface area contributed by atoms with Crippen LogP contribution in [0.4, 0.5) is 5.13 Å². The van der Waals surface area contributed by atoms with Gasteiger partial charge in [0, 0.05) is 10.9 Å². The van der Waals surface area contributed by atoms with Crippen LogP contribution in [-0.4, -0.2) is 18.4 Å². The van der Waals surface area contributed by atoms with Crippen molar-refractivity contribution in [2.45, 2.75) is 18.2 Å². The van der Waals surface area contributed by atoms with Crippen LogP contribution in [0.25, 0.3) is 22.4 Å². The molecule has 2 aromatic heterocycles. The fraction of sp³-hybridized carbons (Fsp3) is 0.111. The molecule has 0 aliphatic carbocycles. The number of oxazole rings is 1. The summed E-state index contributed by atoms with van der Waals surface area (Å²) < 4.78 is 32.6. The highest BCUT2D eigenvalue weighted by Crippen LogP contribution is 2.28. The Bertz CT molecular complexity index is 1270. The van der Waals surface area contributed by atoms with Gasteiger partial charge in [0.2, 0.25) is 0 Å². The minimum Gasteiger partial charge on any atom is -0.408 e. The van der Waals surface area contributed by atoms with Gasteiger partial charge >= 0.3 is 5.76 Å². The molecule has 4 rings (SSSR count). The molecule has 0 aliphatic rings. The third kappa shape index (κ3) is 3.51. The molecule has 0 unspecified atom stereocenters. The van der Waals surface area contributed by atoms with Crippen LogP contribution in [0.15, 0.2) is 62.0 Å². The van der Waals surface area contributed by atoms with Crippen molar-refractivity contribution in [3.05, 3.63) is 64.0 Å². The average Bonchev–Trinajstić information content (AvgIpc) is 3.26. The maximum atomic E-state index is 12.5. The fourth-order valence-electron chi connectivity index (χ4n) is 2.64. The van der Waals surface area contributed by atoms with Gasteiger partial charge in [0.25, 0.3) is 10.0 Å². The second-order valence-corrected chi connectivity index (χ2v) is 8.41. The summed E-state index contributed by atoms with van der Waals surface area (Å²) in [7, 11) is -3.71. The fourth-order valence-corrected chi connectivity index (χ4v) is 4.61. The van der Waals surface area contributed by atoms with Crippen LogP contribution in [-0.2, 0) is 16.4 Å². The number of fused-ring (bicyclic) bond motifs is 1. The number of aryl methyl sites for hydroxylation is 1. The molecule has 9 heteroatoms. The van der Waals surface area contributed by atoms with E-state index in [9.17, 15) is 13.2 Å². The maximum absolute atomic E-state index is 12.5. The number of sulfonamides is 1. The number of aromatic amines is 1. The standard InChI is InChI=1S/C18H15N3O4S2/c1-2-11-3-6-13(7-4-11)27(23,24)21-17-19-15(10-26-17)12-5-8-14-16(9-12)25-18(22)20-14/h3-10H,2H2,1H3,(H,19,21)(H,20,22). The third-order valence-electron chi connectivity index (χ3n) is 4.08. The lowest BCUT2D eigenvalue weighted by Crippen LogP contribution is -2.12. The number of hydrogen-bond donors (Lipinski definition) is 2. The lowest BCUT2D eigenvalue weighted by molar-refractivity contribution is 0.555. The molecule has 2 N–H and O–H groups in total. The predicted molar refractivity (Wildman–Crippen MR) is 105 cm³/mol. The molecule has 0 bridgehead atoms. The van der Waals surface area contributed by atoms with E-state index >= 15 is 0 Å². The van der Waals surface area contributed by atoms with Crippen LogP contribution in [0.3, 0.4) is 0 Å². The molecular weight excluding hydrogens is 386 g/mol. The topological polar surface area (TPSA) is 105 Å². The molecule has 2 heterocycles. The molecule has 0 aliphatic heterocycles. The first-order chi connectivity index (χ1) is 12.9. The first-order valence-electron chi connectivity index (χ1n) is 8.15. The van der Waals surface area contributed by atoms with Crippen LogP contribution in [0.2, 0.25) is 0 Å². The van der Waals surface area contributed by atoms with E-state index < -0.39 is 15.8 Å². The minimum absolute atomic E-state index is 0.187. The zero-order valence-corrected chi connectivity index (χ0v) is 15.9. The van der Waals surface area contributed by atoms with E-state index in [1.165, 1.54) is 11.3 Å². The van der Waals surface area contributed by atoms with Crippen molar-refractivity contribution in [3.8, 4) is 11.3 Å². The van der Waals surface area contributed by atoms with E-state index in [1.807, 2.05) is 6.92 Å². The van der Waals surface area contributed by atoms with Gasteiger partial charge in [0.1, 0.15) is 0 Å². The van der Waals surface area contributed by atoms with Gasteiger partial charge in [-0.1, -0.05) is 25.1 Å². The smallest absolute Gasteiger partial charge is 0.408 e. The van der Waals surface area contributed by atoms with Crippen molar-refractivity contribution in [3.63, 3.8) is 0 Å². The third-order valence-corrected chi connectivity index (χ3v) is 6.33. The van der Waals surface area contributed by atoms with Gasteiger partial charge in [-0.3, -0.25) is 9.71 Å². The summed E-state index contributed by atoms with van der Waals surface area (Å²) in [5, 5.41) is 2.00. The summed E-state index contributed by atoms with van der Waals surface area (Å²) in [5.41, 5.74) is 3.39. The lowest BCUT2D eigenvalue weighted by Gasteiger charge is -2.05. The molecule has 7 nitrogen and oxygen atoms in total. The number of H-pyrrole nitrogens is 1. The van der Waals surface area contributed by atoms with E-state index in [2.05, 4.69) is 14.7 Å². The van der Waals surface area contributed by atoms with Crippen LogP contribution >= 0.6 is 11.3 Å². The molecule has 0 atom stereocenters. The van der Waals surface area contributed by atoms with E-state index in [-0.39, 0.29) is 10.0 Å². The maximum Gasteiger partial charge on any atom is 0.417 e. The number of benzene rings is 2. The van der Waals surface area contributed by atoms with Crippen LogP contribution in [0.5, 0.6) is 0 Å². The highest BCUT2D eigenvalue weighted by Gasteiger charge is 2.16. The Hall–Kier alpha value is -2.91. The molecule has 138 valence electrons. The van der Waals surface area contributed by atoms with Crippen LogP contribution in [0.1, 0.15) is 12.5 Å². The Kier molecular flexibility index (Phi) is 4.33. The lowest BCUT2D eigenvalue weighted by atomic mass is 10.1. The van der Waals surface area contributed by atoms with Gasteiger partial charge in [0.15, 0.2) is 10.7 Å². The zero-order chi connectivity index (χ0) is 19.0. The van der Waals surface area contributed by atoms with Gasteiger partial charge < -0.3 is 4.42 Å². The normalized spacial score (nSPS) is 11.7. The molecule has 4 aromatic rings. The van der Waals surface area contributed by atoms with Crippen molar-refractivity contribution in [1.82, 2.24) is 9.97 Å². The number of anilines is 1. The number of nitrogens with one attached hydrogen (secondary N) is 2. The molecule has 2 aromatic carbocycles. The monoisotopic (exact) mass is 401 g/mol. The van der Waals surface area contributed by atoms with Gasteiger partial charge in [-0.15, -0.1) is 11.3 Å². The summed E-state index contributed by atoms with van der Waals surface area (Å²) in [4.78, 5) is 18.4. The van der Waals surface area contributed by atoms with Crippen molar-refractivity contribution in [2.24, 2.45) is 0 Å². The number of hydrogen-bond acceptors (Lipinski definition) is 6. The summed E-state index contributed by atoms with van der Waals surface area (Å²) in [6.07, 6.45) is 0.842. The Morgan fingerprint density at radius 2 is 1.96 bits per heavy atom. The van der Waals surface area contributed by atoms with Crippen LogP contribution < -0.4 is 10.5 Å². The predicted octanol–water partition coefficient (Wildman–Crippen LogP) is 3.61. The molecular formula is C18H15N3O4S2. The Labute approximate surface area is 158 Å². The van der Waals surface area contributed by atoms with Crippen molar-refractivity contribution >= 4 is 37.6 Å². The Morgan fingerprint density at radius 1 is 1.19 bits per heavy atom. The van der Waals surface area contributed by atoms with Gasteiger partial charge in [-0.2, -0.15) is 0 Å². The largest absolute Gasteiger partial charge is 0.417 e. The summed E-state index contributed by atoms with van der Waals surface area (Å²) in [5.74, 6) is -0.525. The SMILES string of the molecule is CCc1ccc(S(=O)(=O)Nc2nc(-c3ccc4[nH]c(=O)oc4c3)cs2)cc1. The highest BCUT2D eigenvalue weighted by atomic mass is 32.2. The molecule has 27 heavy (non-hydrogen) atoms. The van der Waals surface area contributed by atoms with Crippen molar-refractivity contribution < 1.29 is 12.8 Å². The average molecular weight is 401 g/mol. The van der Waals surface area contributed by atoms with Crippen molar-refractivity contribution in [1.29, 1.82) is 0 Å². The molecule has 0 saturated heterocycles. The first kappa shape index (κ1) is 17.5. The van der Waals surface area contributed by atoms with Crippen molar-refractivity contribution in [2.75, 3.05) is 4.72 Å². The number of thiazole rings is 1. The molecule has 0 amide bonds. The number of nitrogens with zero attached hydrogens (tertiary/aromatic N) is 1. The van der Waals surface area contributed by atoms with Gasteiger partial charge in [0.05, 0.1) is 16.1 Å². The first-order valence-corrected chi connectivity index (χ1v) is 10.5. The molecule has 0 spiro atoms. The highest BCUT2D eigenvalue weighted by molar-refractivity contribution is 7.93. The molecule has 0 saturated carbocycles. The Balaban J connectivity index is 1.60. The minimum atomic E-state index is -3.71. The summed E-state index contributed by atoms with van der Waals surface area (Å²) >= 11 is 1.18. The van der Waals surface area contributed by atoms with Crippen LogP contribution in [0, 0.1) is 0 Å². The van der Waals surface area contributed by atoms with E-state index in [0.717, 1.165) is 17.5 Å². The van der Waals surface area contributed by atoms with Gasteiger partial charge in [-0.25, -0.2) is 18.2 Å². The van der Waals surface area contributed by atoms with E-state index in [1.54, 1.807) is 47.8 Å². The molecule has 0 fully saturated rings. The van der Waals surface area contributed by atoms with E-state index in [0.29, 0.717) is 16.8 Å².